The maximum absolute atomic E-state index is 10.5. The fraction of sp³-hybridized carbons (Fsp3) is 0.538. The number of nitrogen functional groups attached to an aromatic ring is 1. The van der Waals surface area contributed by atoms with Gasteiger partial charge in [0.1, 0.15) is 17.2 Å². The molecule has 3 aromatic carbocycles. The second kappa shape index (κ2) is 23.5. The summed E-state index contributed by atoms with van der Waals surface area (Å²) in [6.07, 6.45) is 7.62. The molecule has 0 amide bonds. The Morgan fingerprint density at radius 2 is 1.02 bits per heavy atom. The molecule has 3 fully saturated rings. The fourth-order valence-electron chi connectivity index (χ4n) is 6.45. The van der Waals surface area contributed by atoms with E-state index in [-0.39, 0.29) is 17.1 Å². The van der Waals surface area contributed by atoms with E-state index >= 15 is 0 Å². The summed E-state index contributed by atoms with van der Waals surface area (Å²) in [6, 6.07) is 18.9. The molecule has 0 bridgehead atoms. The first kappa shape index (κ1) is 43.2. The first-order valence-corrected chi connectivity index (χ1v) is 18.9. The Balaban J connectivity index is 0.000000198. The predicted molar refractivity (Wildman–Crippen MR) is 211 cm³/mol. The standard InChI is InChI=1S/C13H18N2O3.C13H20N2O.C7H14ClN.C6H5NO3/c1-14-8-2-3-11(9-14)10-18-13-6-4-12(5-7-13)15(16)17;1-15-8-2-3-11(9-15)10-16-13-6-4-12(14)5-7-13;1-9-4-2-3-7(5-8)6-9;8-6-3-1-5(2-4-6)7(9)10/h4-7,11H,2-3,8-10H2,1H3;4-7,11H,2-3,8-10,14H2,1H3;7H,2-6H2,1H3;1-4,8H. The zero-order valence-electron chi connectivity index (χ0n) is 31.4. The highest BCUT2D eigenvalue weighted by Gasteiger charge is 2.19. The van der Waals surface area contributed by atoms with Crippen molar-refractivity contribution in [1.82, 2.24) is 14.7 Å². The van der Waals surface area contributed by atoms with E-state index in [1.54, 1.807) is 12.1 Å². The number of hydrogen-bond donors (Lipinski definition) is 2. The third kappa shape index (κ3) is 17.5. The van der Waals surface area contributed by atoms with Crippen LogP contribution in [0.4, 0.5) is 17.1 Å². The van der Waals surface area contributed by atoms with Gasteiger partial charge in [-0.1, -0.05) is 0 Å². The van der Waals surface area contributed by atoms with E-state index in [9.17, 15) is 20.2 Å². The number of aromatic hydroxyl groups is 1. The predicted octanol–water partition coefficient (Wildman–Crippen LogP) is 7.17. The van der Waals surface area contributed by atoms with Crippen LogP contribution in [0, 0.1) is 38.0 Å². The number of nitro benzene ring substituents is 2. The molecule has 3 N–H and O–H groups in total. The summed E-state index contributed by atoms with van der Waals surface area (Å²) < 4.78 is 11.4. The lowest BCUT2D eigenvalue weighted by atomic mass is 10.00. The molecule has 3 unspecified atom stereocenters. The minimum atomic E-state index is -0.514. The van der Waals surface area contributed by atoms with E-state index in [2.05, 4.69) is 35.8 Å². The number of anilines is 1. The van der Waals surface area contributed by atoms with Gasteiger partial charge in [0.05, 0.1) is 23.1 Å². The van der Waals surface area contributed by atoms with Gasteiger partial charge in [0.25, 0.3) is 11.4 Å². The lowest BCUT2D eigenvalue weighted by Gasteiger charge is -2.29. The quantitative estimate of drug-likeness (QED) is 0.0986. The Bertz CT molecular complexity index is 1480. The highest BCUT2D eigenvalue weighted by Crippen LogP contribution is 2.22. The Kier molecular flexibility index (Phi) is 19.2. The molecule has 0 saturated carbocycles. The average Bonchev–Trinajstić information content (AvgIpc) is 3.15. The molecule has 3 aliphatic rings. The number of ether oxygens (including phenoxy) is 2. The van der Waals surface area contributed by atoms with Crippen LogP contribution >= 0.6 is 11.6 Å². The van der Waals surface area contributed by atoms with Crippen molar-refractivity contribution in [3.05, 3.63) is 93.0 Å². The number of nitro groups is 2. The van der Waals surface area contributed by atoms with Crippen LogP contribution in [0.2, 0.25) is 0 Å². The normalized spacial score (nSPS) is 20.6. The number of hydrogen-bond acceptors (Lipinski definition) is 11. The lowest BCUT2D eigenvalue weighted by molar-refractivity contribution is -0.385. The number of nitrogens with two attached hydrogens (primary N) is 1. The summed E-state index contributed by atoms with van der Waals surface area (Å²) in [5, 5.41) is 29.3. The minimum Gasteiger partial charge on any atom is -0.508 e. The second-order valence-electron chi connectivity index (χ2n) is 14.2. The van der Waals surface area contributed by atoms with Gasteiger partial charge in [0, 0.05) is 67.3 Å². The van der Waals surface area contributed by atoms with Gasteiger partial charge in [0.2, 0.25) is 0 Å². The first-order valence-electron chi connectivity index (χ1n) is 18.3. The third-order valence-electron chi connectivity index (χ3n) is 9.34. The van der Waals surface area contributed by atoms with Crippen LogP contribution in [0.25, 0.3) is 0 Å². The van der Waals surface area contributed by atoms with Crippen LogP contribution < -0.4 is 15.2 Å². The van der Waals surface area contributed by atoms with Crippen molar-refractivity contribution in [1.29, 1.82) is 0 Å². The van der Waals surface area contributed by atoms with Crippen molar-refractivity contribution in [2.45, 2.75) is 38.5 Å². The van der Waals surface area contributed by atoms with Crippen LogP contribution in [0.5, 0.6) is 17.2 Å². The molecule has 13 nitrogen and oxygen atoms in total. The molecule has 14 heteroatoms. The number of phenols is 1. The lowest BCUT2D eigenvalue weighted by Crippen LogP contribution is -2.34. The van der Waals surface area contributed by atoms with Crippen molar-refractivity contribution in [2.75, 3.05) is 85.2 Å². The number of benzene rings is 3. The maximum Gasteiger partial charge on any atom is 0.269 e. The van der Waals surface area contributed by atoms with Crippen molar-refractivity contribution in [3.8, 4) is 17.2 Å². The summed E-state index contributed by atoms with van der Waals surface area (Å²) in [7, 11) is 6.46. The van der Waals surface area contributed by atoms with Gasteiger partial charge in [-0.15, -0.1) is 11.6 Å². The topological polar surface area (TPSA) is 161 Å². The van der Waals surface area contributed by atoms with Crippen molar-refractivity contribution in [3.63, 3.8) is 0 Å². The molecule has 6 rings (SSSR count). The van der Waals surface area contributed by atoms with Gasteiger partial charge >= 0.3 is 0 Å². The number of alkyl halides is 1. The van der Waals surface area contributed by atoms with Crippen molar-refractivity contribution < 1.29 is 24.4 Å². The largest absolute Gasteiger partial charge is 0.508 e. The molecule has 3 saturated heterocycles. The van der Waals surface area contributed by atoms with E-state index in [0.717, 1.165) is 49.5 Å². The van der Waals surface area contributed by atoms with Crippen LogP contribution in [0.3, 0.4) is 0 Å². The van der Waals surface area contributed by atoms with Gasteiger partial charge < -0.3 is 35.0 Å². The molecule has 292 valence electrons. The number of halogens is 1. The van der Waals surface area contributed by atoms with Gasteiger partial charge in [0.15, 0.2) is 0 Å². The number of rotatable bonds is 9. The second-order valence-corrected chi connectivity index (χ2v) is 14.5. The number of piperidine rings is 3. The average molecular weight is 757 g/mol. The van der Waals surface area contributed by atoms with Crippen LogP contribution in [0.15, 0.2) is 72.8 Å². The van der Waals surface area contributed by atoms with E-state index in [0.29, 0.717) is 24.2 Å². The van der Waals surface area contributed by atoms with Gasteiger partial charge in [-0.3, -0.25) is 20.2 Å². The van der Waals surface area contributed by atoms with Crippen LogP contribution in [-0.4, -0.2) is 109 Å². The first-order chi connectivity index (χ1) is 25.4. The Morgan fingerprint density at radius 1 is 0.660 bits per heavy atom. The number of likely N-dealkylation sites (tertiary alicyclic amines) is 3. The van der Waals surface area contributed by atoms with Gasteiger partial charge in [-0.05, 0) is 134 Å². The van der Waals surface area contributed by atoms with Crippen molar-refractivity contribution >= 4 is 28.7 Å². The van der Waals surface area contributed by atoms with E-state index in [1.807, 2.05) is 24.3 Å². The third-order valence-corrected chi connectivity index (χ3v) is 9.78. The smallest absolute Gasteiger partial charge is 0.269 e. The summed E-state index contributed by atoms with van der Waals surface area (Å²) in [4.78, 5) is 26.7. The zero-order valence-corrected chi connectivity index (χ0v) is 32.1. The van der Waals surface area contributed by atoms with E-state index in [4.69, 9.17) is 31.9 Å². The fourth-order valence-corrected chi connectivity index (χ4v) is 6.70. The highest BCUT2D eigenvalue weighted by atomic mass is 35.5. The molecular formula is C39H57ClN6O7. The van der Waals surface area contributed by atoms with Crippen molar-refractivity contribution in [2.24, 2.45) is 17.8 Å². The molecule has 53 heavy (non-hydrogen) atoms. The van der Waals surface area contributed by atoms with Crippen LogP contribution in [-0.2, 0) is 0 Å². The number of nitrogens with zero attached hydrogens (tertiary/aromatic N) is 5. The van der Waals surface area contributed by atoms with Crippen LogP contribution in [0.1, 0.15) is 38.5 Å². The molecule has 0 aliphatic carbocycles. The van der Waals surface area contributed by atoms with E-state index in [1.165, 1.54) is 94.6 Å². The Morgan fingerprint density at radius 3 is 1.38 bits per heavy atom. The van der Waals surface area contributed by atoms with Gasteiger partial charge in [-0.25, -0.2) is 0 Å². The molecule has 3 atom stereocenters. The molecular weight excluding hydrogens is 700 g/mol. The zero-order chi connectivity index (χ0) is 38.6. The maximum atomic E-state index is 10.5. The molecule has 3 aromatic rings. The Labute approximate surface area is 318 Å². The molecule has 0 spiro atoms. The summed E-state index contributed by atoms with van der Waals surface area (Å²) in [5.74, 6) is 4.46. The van der Waals surface area contributed by atoms with E-state index < -0.39 is 9.85 Å². The minimum absolute atomic E-state index is 0.0159. The summed E-state index contributed by atoms with van der Waals surface area (Å²) in [5.41, 5.74) is 6.48. The SMILES string of the molecule is CN1CCCC(CCl)C1.CN1CCCC(COc2ccc(N)cc2)C1.CN1CCCC(COc2ccc([N+](=O)[O-])cc2)C1.O=[N+]([O-])c1ccc(O)cc1. The number of phenolic OH excluding ortho intramolecular Hbond substituents is 1. The monoisotopic (exact) mass is 756 g/mol. The number of non-ortho nitro benzene ring substituents is 2. The molecule has 3 heterocycles. The molecule has 0 aromatic heterocycles. The Hall–Kier alpha value is -4.17. The summed E-state index contributed by atoms with van der Waals surface area (Å²) >= 11 is 5.72. The molecule has 0 radical (unpaired) electrons. The summed E-state index contributed by atoms with van der Waals surface area (Å²) in [6.45, 7) is 8.54. The molecule has 3 aliphatic heterocycles. The van der Waals surface area contributed by atoms with Gasteiger partial charge in [-0.2, -0.15) is 0 Å². The highest BCUT2D eigenvalue weighted by molar-refractivity contribution is 6.18.